The Kier molecular flexibility index (Phi) is 5.56. The van der Waals surface area contributed by atoms with Gasteiger partial charge in [-0.05, 0) is 70.4 Å². The standard InChI is InChI=1S/C26H33FN4O4/c1-16-15-31(17-13-26(14-17)6-9-29(10-7-26)24(34)35-25(2,3)4)20-12-19(27)21(11-18(16)20)30-8-5-22(32)28-23(30)33/h11-12,15,17H,5-10,13-14H2,1-4H3,(H,28,32,33). The second kappa shape index (κ2) is 8.24. The zero-order valence-corrected chi connectivity index (χ0v) is 20.8. The number of imide groups is 1. The van der Waals surface area contributed by atoms with Crippen molar-refractivity contribution in [1.82, 2.24) is 14.8 Å². The Morgan fingerprint density at radius 2 is 1.83 bits per heavy atom. The number of benzene rings is 1. The van der Waals surface area contributed by atoms with Crippen molar-refractivity contribution in [2.45, 2.75) is 71.4 Å². The summed E-state index contributed by atoms with van der Waals surface area (Å²) in [5.41, 5.74) is 1.76. The van der Waals surface area contributed by atoms with Gasteiger partial charge in [-0.2, -0.15) is 0 Å². The average Bonchev–Trinajstić information content (AvgIpc) is 3.05. The minimum absolute atomic E-state index is 0.152. The zero-order chi connectivity index (χ0) is 25.1. The summed E-state index contributed by atoms with van der Waals surface area (Å²) in [5, 5.41) is 3.17. The Bertz CT molecular complexity index is 1200. The summed E-state index contributed by atoms with van der Waals surface area (Å²) in [6.07, 6.45) is 5.87. The molecule has 1 aromatic heterocycles. The number of piperidine rings is 1. The van der Waals surface area contributed by atoms with Gasteiger partial charge in [0, 0.05) is 49.7 Å². The van der Waals surface area contributed by atoms with Crippen LogP contribution in [0.3, 0.4) is 0 Å². The number of hydrogen-bond acceptors (Lipinski definition) is 4. The van der Waals surface area contributed by atoms with Crippen LogP contribution in [0.4, 0.5) is 19.7 Å². The molecule has 3 heterocycles. The fourth-order valence-electron chi connectivity index (χ4n) is 5.77. The number of anilines is 1. The molecule has 1 aromatic carbocycles. The van der Waals surface area contributed by atoms with Crippen molar-refractivity contribution in [3.05, 3.63) is 29.7 Å². The Morgan fingerprint density at radius 3 is 2.46 bits per heavy atom. The van der Waals surface area contributed by atoms with E-state index in [4.69, 9.17) is 4.74 Å². The maximum absolute atomic E-state index is 15.2. The molecule has 0 atom stereocenters. The van der Waals surface area contributed by atoms with E-state index in [1.807, 2.05) is 27.7 Å². The summed E-state index contributed by atoms with van der Waals surface area (Å²) in [4.78, 5) is 39.2. The molecular formula is C26H33FN4O4. The molecule has 0 unspecified atom stereocenters. The van der Waals surface area contributed by atoms with Crippen LogP contribution in [0.5, 0.6) is 0 Å². The van der Waals surface area contributed by atoms with Crippen LogP contribution < -0.4 is 10.2 Å². The predicted molar refractivity (Wildman–Crippen MR) is 130 cm³/mol. The molecule has 3 fully saturated rings. The fraction of sp³-hybridized carbons (Fsp3) is 0.577. The van der Waals surface area contributed by atoms with E-state index in [0.29, 0.717) is 13.1 Å². The summed E-state index contributed by atoms with van der Waals surface area (Å²) < 4.78 is 22.9. The first-order chi connectivity index (χ1) is 16.4. The summed E-state index contributed by atoms with van der Waals surface area (Å²) in [7, 11) is 0. The van der Waals surface area contributed by atoms with Crippen LogP contribution in [0.15, 0.2) is 18.3 Å². The summed E-state index contributed by atoms with van der Waals surface area (Å²) in [6, 6.07) is 2.92. The number of amides is 4. The largest absolute Gasteiger partial charge is 0.444 e. The molecule has 4 amide bonds. The number of halogens is 1. The van der Waals surface area contributed by atoms with Crippen molar-refractivity contribution in [2.75, 3.05) is 24.5 Å². The Labute approximate surface area is 204 Å². The molecule has 35 heavy (non-hydrogen) atoms. The first-order valence-electron chi connectivity index (χ1n) is 12.3. The molecule has 0 radical (unpaired) electrons. The van der Waals surface area contributed by atoms with Gasteiger partial charge in [0.1, 0.15) is 11.4 Å². The lowest BCUT2D eigenvalue weighted by Gasteiger charge is -2.52. The predicted octanol–water partition coefficient (Wildman–Crippen LogP) is 4.89. The molecule has 2 aromatic rings. The van der Waals surface area contributed by atoms with Crippen molar-refractivity contribution in [3.63, 3.8) is 0 Å². The number of carbonyl (C=O) groups is 3. The van der Waals surface area contributed by atoms with Gasteiger partial charge >= 0.3 is 12.1 Å². The number of nitrogens with one attached hydrogen (secondary N) is 1. The van der Waals surface area contributed by atoms with E-state index >= 15 is 4.39 Å². The van der Waals surface area contributed by atoms with E-state index in [1.165, 1.54) is 11.0 Å². The number of urea groups is 1. The van der Waals surface area contributed by atoms with E-state index in [1.54, 1.807) is 11.0 Å². The summed E-state index contributed by atoms with van der Waals surface area (Å²) >= 11 is 0. The highest BCUT2D eigenvalue weighted by Crippen LogP contribution is 2.55. The van der Waals surface area contributed by atoms with Crippen LogP contribution in [0.1, 0.15) is 64.5 Å². The molecule has 8 nitrogen and oxygen atoms in total. The van der Waals surface area contributed by atoms with Gasteiger partial charge in [0.2, 0.25) is 5.91 Å². The molecular weight excluding hydrogens is 451 g/mol. The van der Waals surface area contributed by atoms with Crippen molar-refractivity contribution in [3.8, 4) is 0 Å². The van der Waals surface area contributed by atoms with Crippen LogP contribution in [0.25, 0.3) is 10.9 Å². The molecule has 2 aliphatic heterocycles. The lowest BCUT2D eigenvalue weighted by molar-refractivity contribution is -0.120. The third-order valence-corrected chi connectivity index (χ3v) is 7.65. The van der Waals surface area contributed by atoms with Gasteiger partial charge in [-0.15, -0.1) is 0 Å². The number of fused-ring (bicyclic) bond motifs is 1. The monoisotopic (exact) mass is 484 g/mol. The number of hydrogen-bond donors (Lipinski definition) is 1. The van der Waals surface area contributed by atoms with Crippen LogP contribution in [0, 0.1) is 18.2 Å². The van der Waals surface area contributed by atoms with Crippen molar-refractivity contribution in [2.24, 2.45) is 5.41 Å². The topological polar surface area (TPSA) is 83.9 Å². The highest BCUT2D eigenvalue weighted by molar-refractivity contribution is 6.06. The van der Waals surface area contributed by atoms with Gasteiger partial charge in [-0.1, -0.05) is 0 Å². The number of rotatable bonds is 2. The van der Waals surface area contributed by atoms with Crippen molar-refractivity contribution < 1.29 is 23.5 Å². The van der Waals surface area contributed by atoms with Crippen molar-refractivity contribution >= 4 is 34.6 Å². The number of likely N-dealkylation sites (tertiary alicyclic amines) is 1. The van der Waals surface area contributed by atoms with E-state index in [2.05, 4.69) is 16.1 Å². The van der Waals surface area contributed by atoms with Crippen molar-refractivity contribution in [1.29, 1.82) is 0 Å². The van der Waals surface area contributed by atoms with E-state index in [9.17, 15) is 14.4 Å². The molecule has 1 spiro atoms. The zero-order valence-electron chi connectivity index (χ0n) is 20.8. The smallest absolute Gasteiger partial charge is 0.410 e. The first kappa shape index (κ1) is 23.6. The lowest BCUT2D eigenvalue weighted by atomic mass is 9.60. The number of carbonyl (C=O) groups excluding carboxylic acids is 3. The highest BCUT2D eigenvalue weighted by Gasteiger charge is 2.47. The van der Waals surface area contributed by atoms with Gasteiger partial charge in [-0.25, -0.2) is 14.0 Å². The molecule has 3 aliphatic rings. The summed E-state index contributed by atoms with van der Waals surface area (Å²) in [6.45, 7) is 9.20. The van der Waals surface area contributed by atoms with Gasteiger partial charge < -0.3 is 14.2 Å². The quantitative estimate of drug-likeness (QED) is 0.658. The molecule has 9 heteroatoms. The second-order valence-electron chi connectivity index (χ2n) is 11.3. The molecule has 188 valence electrons. The van der Waals surface area contributed by atoms with Crippen LogP contribution in [-0.4, -0.2) is 52.7 Å². The molecule has 2 saturated heterocycles. The average molecular weight is 485 g/mol. The number of aryl methyl sites for hydroxylation is 1. The number of ether oxygens (including phenoxy) is 1. The summed E-state index contributed by atoms with van der Waals surface area (Å²) in [5.74, 6) is -0.813. The third-order valence-electron chi connectivity index (χ3n) is 7.65. The van der Waals surface area contributed by atoms with Crippen LogP contribution in [0.2, 0.25) is 0 Å². The van der Waals surface area contributed by atoms with Crippen LogP contribution in [-0.2, 0) is 9.53 Å². The van der Waals surface area contributed by atoms with Gasteiger partial charge in [0.05, 0.1) is 11.2 Å². The fourth-order valence-corrected chi connectivity index (χ4v) is 5.77. The molecule has 1 N–H and O–H groups in total. The maximum atomic E-state index is 15.2. The normalized spacial score (nSPS) is 20.8. The minimum Gasteiger partial charge on any atom is -0.444 e. The van der Waals surface area contributed by atoms with E-state index in [-0.39, 0.29) is 42.1 Å². The molecule has 1 saturated carbocycles. The first-order valence-corrected chi connectivity index (χ1v) is 12.3. The molecule has 0 bridgehead atoms. The Hall–Kier alpha value is -3.10. The van der Waals surface area contributed by atoms with Gasteiger partial charge in [-0.3, -0.25) is 15.0 Å². The minimum atomic E-state index is -0.588. The maximum Gasteiger partial charge on any atom is 0.410 e. The SMILES string of the molecule is Cc1cn(C2CC3(CCN(C(=O)OC(C)(C)C)CC3)C2)c2cc(F)c(N3CCC(=O)NC3=O)cc12. The molecule has 5 rings (SSSR count). The van der Waals surface area contributed by atoms with E-state index in [0.717, 1.165) is 42.1 Å². The Balaban J connectivity index is 1.29. The second-order valence-corrected chi connectivity index (χ2v) is 11.3. The highest BCUT2D eigenvalue weighted by atomic mass is 19.1. The van der Waals surface area contributed by atoms with Crippen LogP contribution >= 0.6 is 0 Å². The Morgan fingerprint density at radius 1 is 1.14 bits per heavy atom. The number of aromatic nitrogens is 1. The lowest BCUT2D eigenvalue weighted by Crippen LogP contribution is -2.50. The van der Waals surface area contributed by atoms with E-state index < -0.39 is 17.4 Å². The molecule has 1 aliphatic carbocycles. The van der Waals surface area contributed by atoms with Gasteiger partial charge in [0.25, 0.3) is 0 Å². The number of nitrogens with zero attached hydrogens (tertiary/aromatic N) is 3. The third kappa shape index (κ3) is 4.36. The van der Waals surface area contributed by atoms with Gasteiger partial charge in [0.15, 0.2) is 0 Å².